The molecule has 0 unspecified atom stereocenters. The van der Waals surface area contributed by atoms with Crippen molar-refractivity contribution in [3.8, 4) is 50.6 Å². The first kappa shape index (κ1) is 36.1. The number of furan rings is 2. The molecular weight excluding hydrogens is 791 g/mol. The Hall–Kier alpha value is -8.45. The van der Waals surface area contributed by atoms with Crippen molar-refractivity contribution in [3.63, 3.8) is 0 Å². The highest BCUT2D eigenvalue weighted by Gasteiger charge is 2.36. The van der Waals surface area contributed by atoms with E-state index in [1.54, 1.807) is 0 Å². The first-order chi connectivity index (χ1) is 31.9. The lowest BCUT2D eigenvalue weighted by molar-refractivity contribution is 0.660. The Morgan fingerprint density at radius 1 is 0.369 bits per heavy atom. The summed E-state index contributed by atoms with van der Waals surface area (Å²) in [6.45, 7) is 4.55. The summed E-state index contributed by atoms with van der Waals surface area (Å²) in [6, 6.07) is 70.2. The predicted octanol–water partition coefficient (Wildman–Crippen LogP) is 17.3. The summed E-state index contributed by atoms with van der Waals surface area (Å²) < 4.78 is 14.1. The van der Waals surface area contributed by atoms with E-state index in [1.807, 2.05) is 6.07 Å². The molecule has 0 amide bonds. The molecule has 65 heavy (non-hydrogen) atoms. The van der Waals surface area contributed by atoms with Crippen LogP contribution in [0.5, 0.6) is 0 Å². The third-order valence-corrected chi connectivity index (χ3v) is 14.4. The van der Waals surface area contributed by atoms with E-state index in [0.717, 1.165) is 88.0 Å². The first-order valence-corrected chi connectivity index (χ1v) is 22.3. The van der Waals surface area contributed by atoms with Gasteiger partial charge in [-0.1, -0.05) is 141 Å². The van der Waals surface area contributed by atoms with Gasteiger partial charge >= 0.3 is 0 Å². The molecule has 0 fully saturated rings. The standard InChI is InChI=1S/C62H37NO2/c1-62(2)52-27-35(34-63)19-23-48(52)49-24-20-38(33-53(49)62)41-28-42(50-31-39-13-5-9-17-46(39)58-56-44-15-7-3-11-36(44)21-25-54(56)64-60(50)58)30-43(29-41)51-32-40-14-6-10-18-47(40)59-57-45-16-8-4-12-37(45)22-26-55(57)65-61(51)59/h3-33H,1-2H3. The zero-order valence-electron chi connectivity index (χ0n) is 35.7. The predicted molar refractivity (Wildman–Crippen MR) is 270 cm³/mol. The molecule has 2 aromatic heterocycles. The summed E-state index contributed by atoms with van der Waals surface area (Å²) in [5.74, 6) is 0. The van der Waals surface area contributed by atoms with Crippen LogP contribution in [-0.2, 0) is 5.41 Å². The van der Waals surface area contributed by atoms with Crippen molar-refractivity contribution in [1.82, 2.24) is 0 Å². The van der Waals surface area contributed by atoms with Crippen LogP contribution in [0.3, 0.4) is 0 Å². The van der Waals surface area contributed by atoms with Crippen LogP contribution in [0.1, 0.15) is 30.5 Å². The van der Waals surface area contributed by atoms with Crippen LogP contribution in [0, 0.1) is 11.3 Å². The third kappa shape index (κ3) is 5.05. The lowest BCUT2D eigenvalue weighted by atomic mass is 9.81. The minimum atomic E-state index is -0.295. The van der Waals surface area contributed by atoms with E-state index in [-0.39, 0.29) is 5.41 Å². The monoisotopic (exact) mass is 827 g/mol. The summed E-state index contributed by atoms with van der Waals surface area (Å²) in [5.41, 5.74) is 15.1. The van der Waals surface area contributed by atoms with E-state index in [4.69, 9.17) is 8.83 Å². The molecular formula is C62H37NO2. The summed E-state index contributed by atoms with van der Waals surface area (Å²) in [4.78, 5) is 0. The smallest absolute Gasteiger partial charge is 0.143 e. The second-order valence-electron chi connectivity index (χ2n) is 18.3. The van der Waals surface area contributed by atoms with Crippen molar-refractivity contribution in [2.75, 3.05) is 0 Å². The summed E-state index contributed by atoms with van der Waals surface area (Å²) >= 11 is 0. The molecule has 1 aliphatic rings. The normalized spacial score (nSPS) is 13.2. The Balaban J connectivity index is 1.09. The van der Waals surface area contributed by atoms with Gasteiger partial charge in [-0.25, -0.2) is 0 Å². The van der Waals surface area contributed by atoms with Crippen LogP contribution in [-0.4, -0.2) is 0 Å². The second kappa shape index (κ2) is 13.0. The summed E-state index contributed by atoms with van der Waals surface area (Å²) in [5, 5.41) is 23.8. The zero-order chi connectivity index (χ0) is 43.1. The molecule has 3 nitrogen and oxygen atoms in total. The fraction of sp³-hybridized carbons (Fsp3) is 0.0484. The Kier molecular flexibility index (Phi) is 7.24. The van der Waals surface area contributed by atoms with E-state index in [1.165, 1.54) is 54.6 Å². The molecule has 0 atom stereocenters. The quantitative estimate of drug-likeness (QED) is 0.178. The van der Waals surface area contributed by atoms with Crippen LogP contribution >= 0.6 is 0 Å². The van der Waals surface area contributed by atoms with Crippen molar-refractivity contribution in [2.24, 2.45) is 0 Å². The number of fused-ring (bicyclic) bond motifs is 17. The van der Waals surface area contributed by atoms with Crippen LogP contribution in [0.2, 0.25) is 0 Å². The van der Waals surface area contributed by atoms with Crippen LogP contribution in [0.15, 0.2) is 197 Å². The molecule has 302 valence electrons. The Labute approximate surface area is 374 Å². The Morgan fingerprint density at radius 3 is 1.34 bits per heavy atom. The van der Waals surface area contributed by atoms with Gasteiger partial charge in [0.05, 0.1) is 11.6 Å². The molecule has 1 aliphatic carbocycles. The van der Waals surface area contributed by atoms with E-state index in [0.29, 0.717) is 5.56 Å². The number of rotatable bonds is 3. The Morgan fingerprint density at radius 2 is 0.815 bits per heavy atom. The minimum Gasteiger partial charge on any atom is -0.455 e. The second-order valence-corrected chi connectivity index (χ2v) is 18.3. The van der Waals surface area contributed by atoms with Crippen molar-refractivity contribution < 1.29 is 8.83 Å². The Bertz CT molecular complexity index is 4070. The highest BCUT2D eigenvalue weighted by Crippen LogP contribution is 2.52. The molecule has 11 aromatic carbocycles. The zero-order valence-corrected chi connectivity index (χ0v) is 35.7. The fourth-order valence-electron chi connectivity index (χ4n) is 11.3. The van der Waals surface area contributed by atoms with E-state index >= 15 is 0 Å². The van der Waals surface area contributed by atoms with E-state index in [2.05, 4.69) is 202 Å². The van der Waals surface area contributed by atoms with Gasteiger partial charge in [-0.05, 0) is 148 Å². The molecule has 0 saturated carbocycles. The van der Waals surface area contributed by atoms with Gasteiger partial charge in [-0.15, -0.1) is 0 Å². The lowest BCUT2D eigenvalue weighted by Crippen LogP contribution is -2.15. The fourth-order valence-corrected chi connectivity index (χ4v) is 11.3. The van der Waals surface area contributed by atoms with Gasteiger partial charge in [0.25, 0.3) is 0 Å². The van der Waals surface area contributed by atoms with Crippen molar-refractivity contribution in [2.45, 2.75) is 19.3 Å². The SMILES string of the molecule is CC1(C)c2cc(C#N)ccc2-c2ccc(-c3cc(-c4cc5ccccc5c5c4oc4ccc6ccccc6c45)cc(-c4cc5ccccc5c5c4oc4ccc6ccccc6c45)c3)cc21. The van der Waals surface area contributed by atoms with E-state index < -0.39 is 0 Å². The van der Waals surface area contributed by atoms with Gasteiger partial charge in [-0.2, -0.15) is 5.26 Å². The number of benzene rings is 11. The molecule has 0 N–H and O–H groups in total. The molecule has 0 spiro atoms. The topological polar surface area (TPSA) is 50.1 Å². The maximum absolute atomic E-state index is 9.85. The van der Waals surface area contributed by atoms with Crippen molar-refractivity contribution in [1.29, 1.82) is 5.26 Å². The largest absolute Gasteiger partial charge is 0.455 e. The van der Waals surface area contributed by atoms with Gasteiger partial charge in [0.15, 0.2) is 0 Å². The molecule has 14 rings (SSSR count). The minimum absolute atomic E-state index is 0.295. The van der Waals surface area contributed by atoms with Crippen molar-refractivity contribution in [3.05, 3.63) is 205 Å². The molecule has 13 aromatic rings. The highest BCUT2D eigenvalue weighted by molar-refractivity contribution is 6.30. The highest BCUT2D eigenvalue weighted by atomic mass is 16.3. The summed E-state index contributed by atoms with van der Waals surface area (Å²) in [6.07, 6.45) is 0. The van der Waals surface area contributed by atoms with Gasteiger partial charge in [0.2, 0.25) is 0 Å². The van der Waals surface area contributed by atoms with Gasteiger partial charge in [-0.3, -0.25) is 0 Å². The molecule has 0 saturated heterocycles. The number of hydrogen-bond donors (Lipinski definition) is 0. The maximum Gasteiger partial charge on any atom is 0.143 e. The number of nitriles is 1. The maximum atomic E-state index is 9.85. The molecule has 0 aliphatic heterocycles. The number of nitrogens with zero attached hydrogens (tertiary/aromatic N) is 1. The molecule has 3 heteroatoms. The van der Waals surface area contributed by atoms with Crippen molar-refractivity contribution >= 4 is 87.0 Å². The molecule has 2 heterocycles. The van der Waals surface area contributed by atoms with Crippen LogP contribution in [0.25, 0.3) is 131 Å². The average Bonchev–Trinajstić information content (AvgIpc) is 4.02. The van der Waals surface area contributed by atoms with Crippen LogP contribution in [0.4, 0.5) is 0 Å². The number of hydrogen-bond acceptors (Lipinski definition) is 3. The van der Waals surface area contributed by atoms with Gasteiger partial charge in [0.1, 0.15) is 22.3 Å². The van der Waals surface area contributed by atoms with E-state index in [9.17, 15) is 5.26 Å². The third-order valence-electron chi connectivity index (χ3n) is 14.4. The summed E-state index contributed by atoms with van der Waals surface area (Å²) in [7, 11) is 0. The molecule has 0 bridgehead atoms. The average molecular weight is 828 g/mol. The van der Waals surface area contributed by atoms with Gasteiger partial charge < -0.3 is 8.83 Å². The molecule has 0 radical (unpaired) electrons. The first-order valence-electron chi connectivity index (χ1n) is 22.3. The van der Waals surface area contributed by atoms with Crippen LogP contribution < -0.4 is 0 Å². The lowest BCUT2D eigenvalue weighted by Gasteiger charge is -2.22. The van der Waals surface area contributed by atoms with Gasteiger partial charge in [0, 0.05) is 38.1 Å².